The molecule has 0 saturated carbocycles. The van der Waals surface area contributed by atoms with Crippen LogP contribution >= 0.6 is 11.6 Å². The van der Waals surface area contributed by atoms with Crippen molar-refractivity contribution in [2.45, 2.75) is 24.3 Å². The molecule has 108 valence electrons. The number of sulfonamides is 1. The number of aryl methyl sites for hydroxylation is 1. The van der Waals surface area contributed by atoms with Gasteiger partial charge in [-0.2, -0.15) is 5.10 Å². The van der Waals surface area contributed by atoms with Gasteiger partial charge in [-0.05, 0) is 31.0 Å². The van der Waals surface area contributed by atoms with E-state index < -0.39 is 10.0 Å². The highest BCUT2D eigenvalue weighted by Crippen LogP contribution is 2.16. The highest BCUT2D eigenvalue weighted by Gasteiger charge is 2.18. The Morgan fingerprint density at radius 2 is 2.05 bits per heavy atom. The third-order valence-electron chi connectivity index (χ3n) is 2.97. The van der Waals surface area contributed by atoms with Crippen LogP contribution < -0.4 is 4.72 Å². The van der Waals surface area contributed by atoms with Gasteiger partial charge in [-0.1, -0.05) is 12.1 Å². The molecule has 0 aliphatic carbocycles. The fraction of sp³-hybridized carbons (Fsp3) is 0.308. The Morgan fingerprint density at radius 1 is 1.35 bits per heavy atom. The molecule has 0 bridgehead atoms. The van der Waals surface area contributed by atoms with Crippen LogP contribution in [0.2, 0.25) is 0 Å². The van der Waals surface area contributed by atoms with Crippen molar-refractivity contribution in [1.82, 2.24) is 14.9 Å². The van der Waals surface area contributed by atoms with E-state index in [1.807, 2.05) is 0 Å². The van der Waals surface area contributed by atoms with Gasteiger partial charge in [0.15, 0.2) is 0 Å². The van der Waals surface area contributed by atoms with Crippen LogP contribution in [0.5, 0.6) is 0 Å². The molecular weight excluding hydrogens is 298 g/mol. The number of benzene rings is 1. The number of nitrogens with zero attached hydrogens (tertiary/aromatic N) is 1. The Balaban J connectivity index is 2.13. The van der Waals surface area contributed by atoms with Crippen LogP contribution in [-0.4, -0.2) is 24.5 Å². The van der Waals surface area contributed by atoms with Crippen LogP contribution in [0, 0.1) is 0 Å². The molecule has 0 fully saturated rings. The third kappa shape index (κ3) is 3.59. The quantitative estimate of drug-likeness (QED) is 0.803. The van der Waals surface area contributed by atoms with Gasteiger partial charge in [0.2, 0.25) is 10.0 Å². The van der Waals surface area contributed by atoms with Gasteiger partial charge in [-0.15, -0.1) is 11.6 Å². The van der Waals surface area contributed by atoms with Crippen molar-refractivity contribution in [2.75, 3.05) is 5.88 Å². The van der Waals surface area contributed by atoms with E-state index in [9.17, 15) is 8.42 Å². The standard InChI is InChI=1S/C13H16ClN3O2S/c1-10(12-8-15-16-9-12)17-20(18,19)13-4-2-11(3-5-13)6-7-14/h2-5,8-10,17H,6-7H2,1H3,(H,15,16). The second-order valence-corrected chi connectivity index (χ2v) is 6.55. The highest BCUT2D eigenvalue weighted by molar-refractivity contribution is 7.89. The van der Waals surface area contributed by atoms with E-state index in [2.05, 4.69) is 14.9 Å². The molecule has 7 heteroatoms. The number of aromatic nitrogens is 2. The Labute approximate surface area is 123 Å². The second kappa shape index (κ2) is 6.39. The molecule has 1 aromatic carbocycles. The normalized spacial score (nSPS) is 13.3. The molecule has 0 aliphatic rings. The summed E-state index contributed by atoms with van der Waals surface area (Å²) in [6.07, 6.45) is 3.98. The van der Waals surface area contributed by atoms with Crippen molar-refractivity contribution in [2.24, 2.45) is 0 Å². The monoisotopic (exact) mass is 313 g/mol. The van der Waals surface area contributed by atoms with Crippen LogP contribution in [0.4, 0.5) is 0 Å². The number of hydrogen-bond acceptors (Lipinski definition) is 3. The number of H-pyrrole nitrogens is 1. The molecule has 2 aromatic rings. The van der Waals surface area contributed by atoms with E-state index in [0.29, 0.717) is 5.88 Å². The molecule has 0 saturated heterocycles. The van der Waals surface area contributed by atoms with Crippen molar-refractivity contribution in [1.29, 1.82) is 0 Å². The molecule has 5 nitrogen and oxygen atoms in total. The Kier molecular flexibility index (Phi) is 4.80. The Hall–Kier alpha value is -1.37. The summed E-state index contributed by atoms with van der Waals surface area (Å²) in [4.78, 5) is 0.242. The van der Waals surface area contributed by atoms with Gasteiger partial charge < -0.3 is 0 Å². The first-order valence-electron chi connectivity index (χ1n) is 6.19. The predicted octanol–water partition coefficient (Wildman–Crippen LogP) is 2.23. The van der Waals surface area contributed by atoms with Gasteiger partial charge in [0, 0.05) is 23.7 Å². The molecular formula is C13H16ClN3O2S. The Morgan fingerprint density at radius 3 is 2.60 bits per heavy atom. The van der Waals surface area contributed by atoms with E-state index in [4.69, 9.17) is 11.6 Å². The van der Waals surface area contributed by atoms with Gasteiger partial charge in [0.25, 0.3) is 0 Å². The summed E-state index contributed by atoms with van der Waals surface area (Å²) in [6, 6.07) is 6.39. The van der Waals surface area contributed by atoms with Gasteiger partial charge in [-0.25, -0.2) is 13.1 Å². The van der Waals surface area contributed by atoms with E-state index in [-0.39, 0.29) is 10.9 Å². The zero-order valence-corrected chi connectivity index (χ0v) is 12.6. The summed E-state index contributed by atoms with van der Waals surface area (Å²) in [6.45, 7) is 1.77. The van der Waals surface area contributed by atoms with E-state index in [1.54, 1.807) is 43.6 Å². The van der Waals surface area contributed by atoms with Crippen LogP contribution in [0.25, 0.3) is 0 Å². The van der Waals surface area contributed by atoms with E-state index in [0.717, 1.165) is 17.5 Å². The van der Waals surface area contributed by atoms with Crippen molar-refractivity contribution in [3.63, 3.8) is 0 Å². The lowest BCUT2D eigenvalue weighted by atomic mass is 10.2. The SMILES string of the molecule is CC(NS(=O)(=O)c1ccc(CCCl)cc1)c1cn[nH]c1. The predicted molar refractivity (Wildman–Crippen MR) is 78.2 cm³/mol. The van der Waals surface area contributed by atoms with Gasteiger partial charge in [-0.3, -0.25) is 5.10 Å². The van der Waals surface area contributed by atoms with Gasteiger partial charge in [0.05, 0.1) is 11.1 Å². The average molecular weight is 314 g/mol. The van der Waals surface area contributed by atoms with Crippen LogP contribution in [0.1, 0.15) is 24.1 Å². The van der Waals surface area contributed by atoms with Gasteiger partial charge in [0.1, 0.15) is 0 Å². The fourth-order valence-electron chi connectivity index (χ4n) is 1.81. The minimum absolute atomic E-state index is 0.242. The van der Waals surface area contributed by atoms with Crippen LogP contribution in [-0.2, 0) is 16.4 Å². The van der Waals surface area contributed by atoms with Gasteiger partial charge >= 0.3 is 0 Å². The van der Waals surface area contributed by atoms with Crippen LogP contribution in [0.3, 0.4) is 0 Å². The number of alkyl halides is 1. The van der Waals surface area contributed by atoms with Crippen molar-refractivity contribution < 1.29 is 8.42 Å². The maximum atomic E-state index is 12.2. The Bertz CT molecular complexity index is 639. The molecule has 1 unspecified atom stereocenters. The lowest BCUT2D eigenvalue weighted by Crippen LogP contribution is -2.26. The van der Waals surface area contributed by atoms with Crippen molar-refractivity contribution in [3.8, 4) is 0 Å². The summed E-state index contributed by atoms with van der Waals surface area (Å²) in [5.41, 5.74) is 1.80. The summed E-state index contributed by atoms with van der Waals surface area (Å²) in [7, 11) is -3.54. The topological polar surface area (TPSA) is 74.8 Å². The molecule has 2 N–H and O–H groups in total. The van der Waals surface area contributed by atoms with E-state index in [1.165, 1.54) is 0 Å². The lowest BCUT2D eigenvalue weighted by molar-refractivity contribution is 0.567. The van der Waals surface area contributed by atoms with Crippen molar-refractivity contribution >= 4 is 21.6 Å². The molecule has 0 spiro atoms. The zero-order valence-electron chi connectivity index (χ0n) is 11.0. The summed E-state index contributed by atoms with van der Waals surface area (Å²) in [5.74, 6) is 0.516. The number of rotatable bonds is 6. The van der Waals surface area contributed by atoms with E-state index >= 15 is 0 Å². The largest absolute Gasteiger partial charge is 0.285 e. The van der Waals surface area contributed by atoms with Crippen molar-refractivity contribution in [3.05, 3.63) is 47.8 Å². The molecule has 0 radical (unpaired) electrons. The van der Waals surface area contributed by atoms with Crippen LogP contribution in [0.15, 0.2) is 41.6 Å². The second-order valence-electron chi connectivity index (χ2n) is 4.46. The third-order valence-corrected chi connectivity index (χ3v) is 4.71. The number of nitrogens with one attached hydrogen (secondary N) is 2. The minimum Gasteiger partial charge on any atom is -0.285 e. The molecule has 1 heterocycles. The average Bonchev–Trinajstić information content (AvgIpc) is 2.93. The molecule has 2 rings (SSSR count). The molecule has 20 heavy (non-hydrogen) atoms. The number of halogens is 1. The zero-order chi connectivity index (χ0) is 14.6. The minimum atomic E-state index is -3.54. The summed E-state index contributed by atoms with van der Waals surface area (Å²) >= 11 is 5.65. The molecule has 1 atom stereocenters. The number of hydrogen-bond donors (Lipinski definition) is 2. The molecule has 1 aromatic heterocycles. The summed E-state index contributed by atoms with van der Waals surface area (Å²) in [5, 5.41) is 6.47. The molecule has 0 aliphatic heterocycles. The molecule has 0 amide bonds. The highest BCUT2D eigenvalue weighted by atomic mass is 35.5. The number of aromatic amines is 1. The fourth-order valence-corrected chi connectivity index (χ4v) is 3.26. The maximum Gasteiger partial charge on any atom is 0.241 e. The lowest BCUT2D eigenvalue weighted by Gasteiger charge is -2.12. The maximum absolute atomic E-state index is 12.2. The first kappa shape index (κ1) is 15.0. The smallest absolute Gasteiger partial charge is 0.241 e. The summed E-state index contributed by atoms with van der Waals surface area (Å²) < 4.78 is 27.1. The first-order valence-corrected chi connectivity index (χ1v) is 8.20. The first-order chi connectivity index (χ1) is 9.53.